The summed E-state index contributed by atoms with van der Waals surface area (Å²) in [4.78, 5) is 9.90. The van der Waals surface area contributed by atoms with E-state index in [1.807, 2.05) is 6.92 Å². The summed E-state index contributed by atoms with van der Waals surface area (Å²) in [5.74, 6) is 0.876. The SMILES string of the molecule is CC(=Nc1c(C(C)C)cccc1C(C)C)c1cccc2ccc(C)nc12. The average molecular weight is 345 g/mol. The van der Waals surface area contributed by atoms with E-state index in [1.54, 1.807) is 0 Å². The highest BCUT2D eigenvalue weighted by molar-refractivity contribution is 6.09. The molecule has 0 radical (unpaired) electrons. The van der Waals surface area contributed by atoms with E-state index in [1.165, 1.54) is 11.1 Å². The van der Waals surface area contributed by atoms with Crippen LogP contribution in [0.25, 0.3) is 10.9 Å². The van der Waals surface area contributed by atoms with Crippen LogP contribution in [0.3, 0.4) is 0 Å². The maximum absolute atomic E-state index is 5.13. The van der Waals surface area contributed by atoms with Crippen molar-refractivity contribution in [2.75, 3.05) is 0 Å². The van der Waals surface area contributed by atoms with Gasteiger partial charge in [0.25, 0.3) is 0 Å². The van der Waals surface area contributed by atoms with Crippen LogP contribution in [0.2, 0.25) is 0 Å². The lowest BCUT2D eigenvalue weighted by molar-refractivity contribution is 0.834. The van der Waals surface area contributed by atoms with E-state index in [-0.39, 0.29) is 0 Å². The Morgan fingerprint density at radius 2 is 1.46 bits per heavy atom. The van der Waals surface area contributed by atoms with Crippen LogP contribution in [0.4, 0.5) is 5.69 Å². The molecule has 0 amide bonds. The standard InChI is InChI=1S/C24H28N2/c1-15(2)20-10-8-11-21(16(3)4)24(20)26-18(6)22-12-7-9-19-14-13-17(5)25-23(19)22/h7-16H,1-6H3. The maximum atomic E-state index is 5.13. The van der Waals surface area contributed by atoms with Gasteiger partial charge in [-0.2, -0.15) is 0 Å². The minimum Gasteiger partial charge on any atom is -0.252 e. The van der Waals surface area contributed by atoms with Crippen molar-refractivity contribution in [1.29, 1.82) is 0 Å². The molecule has 0 aliphatic rings. The van der Waals surface area contributed by atoms with Gasteiger partial charge in [-0.25, -0.2) is 0 Å². The van der Waals surface area contributed by atoms with Crippen LogP contribution >= 0.6 is 0 Å². The number of para-hydroxylation sites is 2. The zero-order valence-electron chi connectivity index (χ0n) is 16.7. The summed E-state index contributed by atoms with van der Waals surface area (Å²) in [7, 11) is 0. The number of aromatic nitrogens is 1. The third-order valence-corrected chi connectivity index (χ3v) is 4.87. The van der Waals surface area contributed by atoms with Crippen LogP contribution in [0.1, 0.15) is 68.8 Å². The van der Waals surface area contributed by atoms with Crippen LogP contribution in [0.15, 0.2) is 53.5 Å². The molecule has 0 aliphatic heterocycles. The van der Waals surface area contributed by atoms with Gasteiger partial charge in [0.05, 0.1) is 11.2 Å². The summed E-state index contributed by atoms with van der Waals surface area (Å²) in [5.41, 5.74) is 7.92. The molecular formula is C24H28N2. The smallest absolute Gasteiger partial charge is 0.0795 e. The number of aliphatic imine (C=N–C) groups is 1. The van der Waals surface area contributed by atoms with Gasteiger partial charge in [-0.1, -0.05) is 70.2 Å². The van der Waals surface area contributed by atoms with Crippen LogP contribution in [-0.4, -0.2) is 10.7 Å². The first kappa shape index (κ1) is 18.3. The van der Waals surface area contributed by atoms with Crippen molar-refractivity contribution in [1.82, 2.24) is 4.98 Å². The number of hydrogen-bond acceptors (Lipinski definition) is 2. The first-order chi connectivity index (χ1) is 12.4. The van der Waals surface area contributed by atoms with Gasteiger partial charge >= 0.3 is 0 Å². The van der Waals surface area contributed by atoms with E-state index in [9.17, 15) is 0 Å². The molecule has 0 saturated carbocycles. The summed E-state index contributed by atoms with van der Waals surface area (Å²) in [6, 6.07) is 17.1. The normalized spacial score (nSPS) is 12.4. The van der Waals surface area contributed by atoms with Gasteiger partial charge in [0.2, 0.25) is 0 Å². The lowest BCUT2D eigenvalue weighted by atomic mass is 9.92. The average Bonchev–Trinajstić information content (AvgIpc) is 2.60. The second-order valence-electron chi connectivity index (χ2n) is 7.62. The van der Waals surface area contributed by atoms with Crippen LogP contribution in [0, 0.1) is 6.92 Å². The fourth-order valence-electron chi connectivity index (χ4n) is 3.41. The highest BCUT2D eigenvalue weighted by Gasteiger charge is 2.14. The molecule has 0 atom stereocenters. The molecular weight excluding hydrogens is 316 g/mol. The predicted octanol–water partition coefficient (Wildman–Crippen LogP) is 6.93. The van der Waals surface area contributed by atoms with Crippen molar-refractivity contribution < 1.29 is 0 Å². The zero-order chi connectivity index (χ0) is 18.8. The van der Waals surface area contributed by atoms with Crippen molar-refractivity contribution in [3.63, 3.8) is 0 Å². The Labute approximate surface area is 157 Å². The Morgan fingerprint density at radius 1 is 0.846 bits per heavy atom. The molecule has 0 saturated heterocycles. The predicted molar refractivity (Wildman–Crippen MR) is 113 cm³/mol. The minimum atomic E-state index is 0.438. The topological polar surface area (TPSA) is 25.2 Å². The van der Waals surface area contributed by atoms with Crippen LogP contribution in [0.5, 0.6) is 0 Å². The molecule has 2 nitrogen and oxygen atoms in total. The highest BCUT2D eigenvalue weighted by atomic mass is 14.8. The summed E-state index contributed by atoms with van der Waals surface area (Å²) < 4.78 is 0. The summed E-state index contributed by atoms with van der Waals surface area (Å²) in [6.07, 6.45) is 0. The molecule has 3 aromatic rings. The van der Waals surface area contributed by atoms with E-state index in [0.717, 1.165) is 33.6 Å². The van der Waals surface area contributed by atoms with Crippen molar-refractivity contribution in [3.8, 4) is 0 Å². The molecule has 0 spiro atoms. The van der Waals surface area contributed by atoms with Gasteiger partial charge in [-0.15, -0.1) is 0 Å². The Kier molecular flexibility index (Phi) is 5.22. The Morgan fingerprint density at radius 3 is 2.08 bits per heavy atom. The van der Waals surface area contributed by atoms with Crippen molar-refractivity contribution >= 4 is 22.3 Å². The van der Waals surface area contributed by atoms with Crippen LogP contribution < -0.4 is 0 Å². The molecule has 0 N–H and O–H groups in total. The molecule has 2 heteroatoms. The fraction of sp³-hybridized carbons (Fsp3) is 0.333. The molecule has 1 aromatic heterocycles. The lowest BCUT2D eigenvalue weighted by Crippen LogP contribution is -2.01. The van der Waals surface area contributed by atoms with Crippen LogP contribution in [-0.2, 0) is 0 Å². The van der Waals surface area contributed by atoms with E-state index >= 15 is 0 Å². The lowest BCUT2D eigenvalue weighted by Gasteiger charge is -2.17. The molecule has 26 heavy (non-hydrogen) atoms. The fourth-order valence-corrected chi connectivity index (χ4v) is 3.41. The van der Waals surface area contributed by atoms with Crippen molar-refractivity contribution in [2.45, 2.75) is 53.4 Å². The van der Waals surface area contributed by atoms with Gasteiger partial charge in [0, 0.05) is 22.4 Å². The van der Waals surface area contributed by atoms with Gasteiger partial charge in [-0.3, -0.25) is 9.98 Å². The molecule has 1 heterocycles. The van der Waals surface area contributed by atoms with E-state index in [4.69, 9.17) is 9.98 Å². The zero-order valence-corrected chi connectivity index (χ0v) is 16.7. The Bertz CT molecular complexity index is 939. The third-order valence-electron chi connectivity index (χ3n) is 4.87. The second-order valence-corrected chi connectivity index (χ2v) is 7.62. The number of fused-ring (bicyclic) bond motifs is 1. The quantitative estimate of drug-likeness (QED) is 0.471. The number of pyridine rings is 1. The molecule has 0 fully saturated rings. The molecule has 0 unspecified atom stereocenters. The minimum absolute atomic E-state index is 0.438. The third kappa shape index (κ3) is 3.55. The monoisotopic (exact) mass is 344 g/mol. The number of hydrogen-bond donors (Lipinski definition) is 0. The van der Waals surface area contributed by atoms with E-state index < -0.39 is 0 Å². The van der Waals surface area contributed by atoms with Gasteiger partial charge < -0.3 is 0 Å². The Hall–Kier alpha value is -2.48. The van der Waals surface area contributed by atoms with Gasteiger partial charge in [-0.05, 0) is 42.9 Å². The van der Waals surface area contributed by atoms with E-state index in [0.29, 0.717) is 11.8 Å². The van der Waals surface area contributed by atoms with Gasteiger partial charge in [0.15, 0.2) is 0 Å². The largest absolute Gasteiger partial charge is 0.252 e. The van der Waals surface area contributed by atoms with E-state index in [2.05, 4.69) is 83.1 Å². The summed E-state index contributed by atoms with van der Waals surface area (Å²) in [6.45, 7) is 13.1. The number of rotatable bonds is 4. The van der Waals surface area contributed by atoms with Crippen molar-refractivity contribution in [2.24, 2.45) is 4.99 Å². The first-order valence-corrected chi connectivity index (χ1v) is 9.43. The second kappa shape index (κ2) is 7.41. The first-order valence-electron chi connectivity index (χ1n) is 9.43. The summed E-state index contributed by atoms with van der Waals surface area (Å²) in [5, 5.41) is 1.16. The van der Waals surface area contributed by atoms with Crippen molar-refractivity contribution in [3.05, 3.63) is 70.9 Å². The molecule has 134 valence electrons. The molecule has 3 rings (SSSR count). The molecule has 2 aromatic carbocycles. The molecule has 0 aliphatic carbocycles. The number of benzene rings is 2. The number of aryl methyl sites for hydroxylation is 1. The maximum Gasteiger partial charge on any atom is 0.0795 e. The highest BCUT2D eigenvalue weighted by Crippen LogP contribution is 2.35. The number of nitrogens with zero attached hydrogens (tertiary/aromatic N) is 2. The summed E-state index contributed by atoms with van der Waals surface area (Å²) >= 11 is 0. The Balaban J connectivity index is 2.22. The van der Waals surface area contributed by atoms with Gasteiger partial charge in [0.1, 0.15) is 0 Å². The molecule has 0 bridgehead atoms.